The number of pyridine rings is 1. The maximum Gasteiger partial charge on any atom is 0.128 e. The summed E-state index contributed by atoms with van der Waals surface area (Å²) in [6.45, 7) is 8.48. The molecule has 1 aromatic rings. The summed E-state index contributed by atoms with van der Waals surface area (Å²) in [7, 11) is 0. The maximum absolute atomic E-state index is 4.51. The number of nitrogens with one attached hydrogen (secondary N) is 2. The van der Waals surface area contributed by atoms with Gasteiger partial charge < -0.3 is 15.5 Å². The molecule has 94 valence electrons. The van der Waals surface area contributed by atoms with E-state index >= 15 is 0 Å². The van der Waals surface area contributed by atoms with Crippen molar-refractivity contribution in [1.82, 2.24) is 10.3 Å². The first-order chi connectivity index (χ1) is 8.33. The van der Waals surface area contributed by atoms with Crippen molar-refractivity contribution >= 4 is 11.5 Å². The molecule has 0 spiro atoms. The lowest BCUT2D eigenvalue weighted by Crippen LogP contribution is -2.24. The number of nitrogens with zero attached hydrogens (tertiary/aromatic N) is 2. The topological polar surface area (TPSA) is 40.2 Å². The van der Waals surface area contributed by atoms with Crippen molar-refractivity contribution in [2.24, 2.45) is 0 Å². The molecule has 1 aromatic heterocycles. The van der Waals surface area contributed by atoms with Crippen LogP contribution in [-0.2, 0) is 0 Å². The Kier molecular flexibility index (Phi) is 4.20. The number of anilines is 2. The van der Waals surface area contributed by atoms with Gasteiger partial charge in [-0.25, -0.2) is 4.98 Å². The average molecular weight is 234 g/mol. The number of aromatic nitrogens is 1. The van der Waals surface area contributed by atoms with E-state index < -0.39 is 0 Å². The van der Waals surface area contributed by atoms with Gasteiger partial charge in [-0.3, -0.25) is 0 Å². The Morgan fingerprint density at radius 1 is 1.41 bits per heavy atom. The lowest BCUT2D eigenvalue weighted by Gasteiger charge is -2.20. The lowest BCUT2D eigenvalue weighted by molar-refractivity contribution is 0.791. The van der Waals surface area contributed by atoms with Crippen molar-refractivity contribution in [3.63, 3.8) is 0 Å². The maximum atomic E-state index is 4.51. The van der Waals surface area contributed by atoms with Gasteiger partial charge in [0.25, 0.3) is 0 Å². The Hall–Kier alpha value is -1.29. The summed E-state index contributed by atoms with van der Waals surface area (Å²) in [4.78, 5) is 6.76. The molecule has 2 heterocycles. The quantitative estimate of drug-likeness (QED) is 0.813. The smallest absolute Gasteiger partial charge is 0.128 e. The standard InChI is InChI=1S/C13H22N4/c1-3-17(4-2)13-6-5-11(10-15-13)16-12-7-8-14-9-12/h5-6,10,12,14,16H,3-4,7-9H2,1-2H3. The van der Waals surface area contributed by atoms with Crippen LogP contribution in [0, 0.1) is 0 Å². The van der Waals surface area contributed by atoms with Crippen LogP contribution in [0.15, 0.2) is 18.3 Å². The Labute approximate surface area is 103 Å². The highest BCUT2D eigenvalue weighted by Crippen LogP contribution is 2.15. The third kappa shape index (κ3) is 3.09. The molecule has 1 fully saturated rings. The van der Waals surface area contributed by atoms with Gasteiger partial charge in [-0.15, -0.1) is 0 Å². The molecule has 0 saturated carbocycles. The van der Waals surface area contributed by atoms with Gasteiger partial charge in [-0.1, -0.05) is 0 Å². The molecule has 1 atom stereocenters. The van der Waals surface area contributed by atoms with Crippen molar-refractivity contribution in [3.05, 3.63) is 18.3 Å². The predicted octanol–water partition coefficient (Wildman–Crippen LogP) is 1.70. The molecule has 4 heteroatoms. The summed E-state index contributed by atoms with van der Waals surface area (Å²) >= 11 is 0. The van der Waals surface area contributed by atoms with E-state index in [2.05, 4.69) is 46.5 Å². The average Bonchev–Trinajstić information content (AvgIpc) is 2.86. The van der Waals surface area contributed by atoms with E-state index in [0.717, 1.165) is 37.7 Å². The fourth-order valence-corrected chi connectivity index (χ4v) is 2.22. The Morgan fingerprint density at radius 2 is 2.24 bits per heavy atom. The van der Waals surface area contributed by atoms with Crippen molar-refractivity contribution in [2.45, 2.75) is 26.3 Å². The molecule has 1 aliphatic rings. The summed E-state index contributed by atoms with van der Waals surface area (Å²) in [6, 6.07) is 4.77. The molecule has 0 radical (unpaired) electrons. The van der Waals surface area contributed by atoms with Crippen molar-refractivity contribution in [3.8, 4) is 0 Å². The molecule has 0 bridgehead atoms. The van der Waals surface area contributed by atoms with E-state index in [0.29, 0.717) is 6.04 Å². The highest BCUT2D eigenvalue weighted by molar-refractivity contribution is 5.49. The van der Waals surface area contributed by atoms with Crippen LogP contribution in [0.2, 0.25) is 0 Å². The Bertz CT molecular complexity index is 326. The second kappa shape index (κ2) is 5.87. The molecule has 4 nitrogen and oxygen atoms in total. The Morgan fingerprint density at radius 3 is 2.76 bits per heavy atom. The van der Waals surface area contributed by atoms with Crippen LogP contribution in [0.4, 0.5) is 11.5 Å². The highest BCUT2D eigenvalue weighted by Gasteiger charge is 2.13. The van der Waals surface area contributed by atoms with E-state index in [-0.39, 0.29) is 0 Å². The van der Waals surface area contributed by atoms with Gasteiger partial charge in [-0.2, -0.15) is 0 Å². The van der Waals surface area contributed by atoms with Crippen molar-refractivity contribution in [2.75, 3.05) is 36.4 Å². The molecule has 0 aliphatic carbocycles. The second-order valence-corrected chi connectivity index (χ2v) is 4.41. The summed E-state index contributed by atoms with van der Waals surface area (Å²) in [5.74, 6) is 1.06. The van der Waals surface area contributed by atoms with Crippen molar-refractivity contribution in [1.29, 1.82) is 0 Å². The summed E-state index contributed by atoms with van der Waals surface area (Å²) in [5.41, 5.74) is 1.12. The molecule has 1 aliphatic heterocycles. The van der Waals surface area contributed by atoms with E-state index in [9.17, 15) is 0 Å². The van der Waals surface area contributed by atoms with E-state index in [4.69, 9.17) is 0 Å². The van der Waals surface area contributed by atoms with Gasteiger partial charge >= 0.3 is 0 Å². The molecule has 2 N–H and O–H groups in total. The van der Waals surface area contributed by atoms with Crippen LogP contribution in [0.3, 0.4) is 0 Å². The molecular weight excluding hydrogens is 212 g/mol. The van der Waals surface area contributed by atoms with Gasteiger partial charge in [0.1, 0.15) is 5.82 Å². The van der Waals surface area contributed by atoms with Crippen LogP contribution in [0.5, 0.6) is 0 Å². The van der Waals surface area contributed by atoms with Gasteiger partial charge in [-0.05, 0) is 38.9 Å². The second-order valence-electron chi connectivity index (χ2n) is 4.41. The van der Waals surface area contributed by atoms with Gasteiger partial charge in [0.2, 0.25) is 0 Å². The molecular formula is C13H22N4. The van der Waals surface area contributed by atoms with Crippen molar-refractivity contribution < 1.29 is 0 Å². The SMILES string of the molecule is CCN(CC)c1ccc(NC2CCNC2)cn1. The zero-order chi connectivity index (χ0) is 12.1. The third-order valence-corrected chi connectivity index (χ3v) is 3.27. The first-order valence-electron chi connectivity index (χ1n) is 6.51. The first kappa shape index (κ1) is 12.2. The minimum Gasteiger partial charge on any atom is -0.380 e. The number of rotatable bonds is 5. The predicted molar refractivity (Wildman–Crippen MR) is 72.7 cm³/mol. The fourth-order valence-electron chi connectivity index (χ4n) is 2.22. The minimum atomic E-state index is 0.552. The van der Waals surface area contributed by atoms with E-state index in [1.807, 2.05) is 6.20 Å². The van der Waals surface area contributed by atoms with Gasteiger partial charge in [0, 0.05) is 25.7 Å². The lowest BCUT2D eigenvalue weighted by atomic mass is 10.2. The zero-order valence-corrected chi connectivity index (χ0v) is 10.7. The normalized spacial score (nSPS) is 19.3. The number of hydrogen-bond donors (Lipinski definition) is 2. The monoisotopic (exact) mass is 234 g/mol. The molecule has 1 saturated heterocycles. The van der Waals surface area contributed by atoms with Crippen LogP contribution in [-0.4, -0.2) is 37.2 Å². The van der Waals surface area contributed by atoms with Crippen LogP contribution in [0.25, 0.3) is 0 Å². The zero-order valence-electron chi connectivity index (χ0n) is 10.7. The Balaban J connectivity index is 1.96. The summed E-state index contributed by atoms with van der Waals surface area (Å²) in [6.07, 6.45) is 3.13. The van der Waals surface area contributed by atoms with Gasteiger partial charge in [0.05, 0.1) is 11.9 Å². The number of hydrogen-bond acceptors (Lipinski definition) is 4. The van der Waals surface area contributed by atoms with Crippen LogP contribution in [0.1, 0.15) is 20.3 Å². The van der Waals surface area contributed by atoms with E-state index in [1.54, 1.807) is 0 Å². The fraction of sp³-hybridized carbons (Fsp3) is 0.615. The highest BCUT2D eigenvalue weighted by atomic mass is 15.2. The van der Waals surface area contributed by atoms with Gasteiger partial charge in [0.15, 0.2) is 0 Å². The third-order valence-electron chi connectivity index (χ3n) is 3.27. The van der Waals surface area contributed by atoms with Crippen LogP contribution >= 0.6 is 0 Å². The largest absolute Gasteiger partial charge is 0.380 e. The van der Waals surface area contributed by atoms with Crippen LogP contribution < -0.4 is 15.5 Å². The minimum absolute atomic E-state index is 0.552. The molecule has 0 amide bonds. The molecule has 1 unspecified atom stereocenters. The summed E-state index contributed by atoms with van der Waals surface area (Å²) in [5, 5.41) is 6.85. The van der Waals surface area contributed by atoms with E-state index in [1.165, 1.54) is 6.42 Å². The molecule has 2 rings (SSSR count). The molecule has 17 heavy (non-hydrogen) atoms. The summed E-state index contributed by atoms with van der Waals surface area (Å²) < 4.78 is 0. The first-order valence-corrected chi connectivity index (χ1v) is 6.51. The molecule has 0 aromatic carbocycles.